The molecule has 0 aliphatic rings. The van der Waals surface area contributed by atoms with Gasteiger partial charge in [-0.3, -0.25) is 4.98 Å². The second-order valence-corrected chi connectivity index (χ2v) is 5.64. The van der Waals surface area contributed by atoms with Crippen LogP contribution in [0.25, 0.3) is 20.1 Å². The minimum atomic E-state index is 0.838. The SMILES string of the molecule is Cc1cc(N)sc1-c1nc2cnccc2s1. The summed E-state index contributed by atoms with van der Waals surface area (Å²) in [4.78, 5) is 9.80. The third-order valence-electron chi connectivity index (χ3n) is 2.32. The first-order chi connectivity index (χ1) is 7.74. The molecule has 0 unspecified atom stereocenters. The van der Waals surface area contributed by atoms with Crippen molar-refractivity contribution >= 4 is 37.9 Å². The van der Waals surface area contributed by atoms with E-state index >= 15 is 0 Å². The molecule has 3 rings (SSSR count). The maximum atomic E-state index is 5.79. The molecule has 3 heterocycles. The molecule has 0 spiro atoms. The number of nitrogens with two attached hydrogens (primary N) is 1. The van der Waals surface area contributed by atoms with Crippen LogP contribution in [0.2, 0.25) is 0 Å². The van der Waals surface area contributed by atoms with Crippen LogP contribution in [0.1, 0.15) is 5.56 Å². The first-order valence-electron chi connectivity index (χ1n) is 4.81. The maximum Gasteiger partial charge on any atom is 0.135 e. The summed E-state index contributed by atoms with van der Waals surface area (Å²) < 4.78 is 1.16. The Morgan fingerprint density at radius 2 is 2.19 bits per heavy atom. The van der Waals surface area contributed by atoms with Gasteiger partial charge in [0.1, 0.15) is 10.5 Å². The highest BCUT2D eigenvalue weighted by molar-refractivity contribution is 7.26. The molecule has 3 nitrogen and oxygen atoms in total. The molecular formula is C11H9N3S2. The molecule has 0 saturated carbocycles. The van der Waals surface area contributed by atoms with E-state index in [1.165, 1.54) is 10.4 Å². The quantitative estimate of drug-likeness (QED) is 0.717. The number of aryl methyl sites for hydroxylation is 1. The number of anilines is 1. The first kappa shape index (κ1) is 9.74. The van der Waals surface area contributed by atoms with Crippen LogP contribution < -0.4 is 5.73 Å². The molecule has 0 radical (unpaired) electrons. The normalized spacial score (nSPS) is 11.1. The molecule has 0 aromatic carbocycles. The van der Waals surface area contributed by atoms with Crippen molar-refractivity contribution in [2.24, 2.45) is 0 Å². The monoisotopic (exact) mass is 247 g/mol. The minimum absolute atomic E-state index is 0.838. The summed E-state index contributed by atoms with van der Waals surface area (Å²) in [5.41, 5.74) is 7.94. The van der Waals surface area contributed by atoms with Gasteiger partial charge in [0, 0.05) is 6.20 Å². The second kappa shape index (κ2) is 3.54. The van der Waals surface area contributed by atoms with Gasteiger partial charge in [0.25, 0.3) is 0 Å². The van der Waals surface area contributed by atoms with Crippen LogP contribution in [-0.2, 0) is 0 Å². The number of pyridine rings is 1. The highest BCUT2D eigenvalue weighted by Gasteiger charge is 2.11. The van der Waals surface area contributed by atoms with Crippen molar-refractivity contribution in [3.63, 3.8) is 0 Å². The van der Waals surface area contributed by atoms with E-state index in [0.29, 0.717) is 0 Å². The Morgan fingerprint density at radius 3 is 2.88 bits per heavy atom. The van der Waals surface area contributed by atoms with E-state index in [2.05, 4.69) is 16.9 Å². The topological polar surface area (TPSA) is 51.8 Å². The van der Waals surface area contributed by atoms with E-state index in [1.807, 2.05) is 12.1 Å². The summed E-state index contributed by atoms with van der Waals surface area (Å²) in [5.74, 6) is 0. The number of rotatable bonds is 1. The Bertz CT molecular complexity index is 621. The fraction of sp³-hybridized carbons (Fsp3) is 0.0909. The van der Waals surface area contributed by atoms with Gasteiger partial charge in [-0.15, -0.1) is 22.7 Å². The number of thiazole rings is 1. The van der Waals surface area contributed by atoms with Crippen LogP contribution in [-0.4, -0.2) is 9.97 Å². The molecule has 3 aromatic rings. The van der Waals surface area contributed by atoms with Crippen molar-refractivity contribution in [1.82, 2.24) is 9.97 Å². The Hall–Kier alpha value is -1.46. The van der Waals surface area contributed by atoms with Crippen LogP contribution in [0.3, 0.4) is 0 Å². The van der Waals surface area contributed by atoms with Gasteiger partial charge in [0.15, 0.2) is 0 Å². The standard InChI is InChI=1S/C11H9N3S2/c1-6-4-9(12)16-10(6)11-14-7-5-13-3-2-8(7)15-11/h2-5H,12H2,1H3. The number of aromatic nitrogens is 2. The van der Waals surface area contributed by atoms with Crippen molar-refractivity contribution in [2.75, 3.05) is 5.73 Å². The fourth-order valence-electron chi connectivity index (χ4n) is 1.60. The molecule has 80 valence electrons. The zero-order valence-corrected chi connectivity index (χ0v) is 10.2. The summed E-state index contributed by atoms with van der Waals surface area (Å²) in [6.45, 7) is 2.06. The third kappa shape index (κ3) is 1.48. The predicted molar refractivity (Wildman–Crippen MR) is 69.9 cm³/mol. The van der Waals surface area contributed by atoms with Gasteiger partial charge in [0.05, 0.1) is 20.8 Å². The van der Waals surface area contributed by atoms with Crippen molar-refractivity contribution in [3.05, 3.63) is 30.1 Å². The molecule has 0 saturated heterocycles. The lowest BCUT2D eigenvalue weighted by atomic mass is 10.3. The molecule has 0 amide bonds. The number of nitrogens with zero attached hydrogens (tertiary/aromatic N) is 2. The van der Waals surface area contributed by atoms with Gasteiger partial charge in [-0.25, -0.2) is 4.98 Å². The number of fused-ring (bicyclic) bond motifs is 1. The number of hydrogen-bond acceptors (Lipinski definition) is 5. The lowest BCUT2D eigenvalue weighted by Gasteiger charge is -1.90. The lowest BCUT2D eigenvalue weighted by Crippen LogP contribution is -1.73. The van der Waals surface area contributed by atoms with Crippen molar-refractivity contribution < 1.29 is 0 Å². The third-order valence-corrected chi connectivity index (χ3v) is 4.58. The summed E-state index contributed by atoms with van der Waals surface area (Å²) in [5, 5.41) is 1.87. The molecule has 0 atom stereocenters. The van der Waals surface area contributed by atoms with E-state index in [1.54, 1.807) is 35.1 Å². The van der Waals surface area contributed by atoms with Crippen LogP contribution in [0.5, 0.6) is 0 Å². The Labute approximate surface area is 101 Å². The number of hydrogen-bond donors (Lipinski definition) is 1. The van der Waals surface area contributed by atoms with Crippen LogP contribution in [0.15, 0.2) is 24.5 Å². The molecule has 2 N–H and O–H groups in total. The molecule has 0 bridgehead atoms. The van der Waals surface area contributed by atoms with E-state index in [4.69, 9.17) is 5.73 Å². The fourth-order valence-corrected chi connectivity index (χ4v) is 3.61. The van der Waals surface area contributed by atoms with Gasteiger partial charge in [0.2, 0.25) is 0 Å². The molecule has 3 aromatic heterocycles. The zero-order valence-electron chi connectivity index (χ0n) is 8.60. The predicted octanol–water partition coefficient (Wildman–Crippen LogP) is 3.31. The minimum Gasteiger partial charge on any atom is -0.391 e. The number of thiophene rings is 1. The molecule has 0 aliphatic carbocycles. The molecule has 0 aliphatic heterocycles. The molecular weight excluding hydrogens is 238 g/mol. The zero-order chi connectivity index (χ0) is 11.1. The van der Waals surface area contributed by atoms with Gasteiger partial charge < -0.3 is 5.73 Å². The molecule has 0 fully saturated rings. The Balaban J connectivity index is 2.22. The van der Waals surface area contributed by atoms with Gasteiger partial charge in [-0.1, -0.05) is 0 Å². The Kier molecular flexibility index (Phi) is 2.15. The van der Waals surface area contributed by atoms with E-state index in [-0.39, 0.29) is 0 Å². The highest BCUT2D eigenvalue weighted by Crippen LogP contribution is 2.37. The van der Waals surface area contributed by atoms with Gasteiger partial charge >= 0.3 is 0 Å². The van der Waals surface area contributed by atoms with Crippen LogP contribution in [0.4, 0.5) is 5.00 Å². The van der Waals surface area contributed by atoms with Crippen molar-refractivity contribution in [2.45, 2.75) is 6.92 Å². The van der Waals surface area contributed by atoms with E-state index in [9.17, 15) is 0 Å². The summed E-state index contributed by atoms with van der Waals surface area (Å²) >= 11 is 3.27. The van der Waals surface area contributed by atoms with Gasteiger partial charge in [-0.2, -0.15) is 0 Å². The summed E-state index contributed by atoms with van der Waals surface area (Å²) in [6.07, 6.45) is 3.58. The largest absolute Gasteiger partial charge is 0.391 e. The lowest BCUT2D eigenvalue weighted by molar-refractivity contribution is 1.34. The van der Waals surface area contributed by atoms with Crippen molar-refractivity contribution in [1.29, 1.82) is 0 Å². The average molecular weight is 247 g/mol. The average Bonchev–Trinajstić information content (AvgIpc) is 2.81. The van der Waals surface area contributed by atoms with Crippen LogP contribution >= 0.6 is 22.7 Å². The summed E-state index contributed by atoms with van der Waals surface area (Å²) in [7, 11) is 0. The van der Waals surface area contributed by atoms with Crippen LogP contribution in [0, 0.1) is 6.92 Å². The smallest absolute Gasteiger partial charge is 0.135 e. The molecule has 16 heavy (non-hydrogen) atoms. The van der Waals surface area contributed by atoms with Crippen molar-refractivity contribution in [3.8, 4) is 9.88 Å². The second-order valence-electron chi connectivity index (χ2n) is 3.52. The first-order valence-corrected chi connectivity index (χ1v) is 6.44. The molecule has 5 heteroatoms. The highest BCUT2D eigenvalue weighted by atomic mass is 32.1. The van der Waals surface area contributed by atoms with E-state index < -0.39 is 0 Å². The van der Waals surface area contributed by atoms with Gasteiger partial charge in [-0.05, 0) is 24.6 Å². The Morgan fingerprint density at radius 1 is 1.31 bits per heavy atom. The maximum absolute atomic E-state index is 5.79. The van der Waals surface area contributed by atoms with E-state index in [0.717, 1.165) is 20.2 Å². The summed E-state index contributed by atoms with van der Waals surface area (Å²) in [6, 6.07) is 3.98. The number of nitrogen functional groups attached to an aromatic ring is 1.